The van der Waals surface area contributed by atoms with Gasteiger partial charge in [-0.3, -0.25) is 14.5 Å². The monoisotopic (exact) mass is 299 g/mol. The predicted molar refractivity (Wildman–Crippen MR) is 87.2 cm³/mol. The van der Waals surface area contributed by atoms with Gasteiger partial charge in [-0.1, -0.05) is 27.7 Å². The summed E-state index contributed by atoms with van der Waals surface area (Å²) in [6.07, 6.45) is 0.990. The van der Waals surface area contributed by atoms with Gasteiger partial charge in [-0.2, -0.15) is 0 Å². The number of Topliss-reactive ketones (excluding diaryl/α,β-unsaturated/α-hetero) is 1. The van der Waals surface area contributed by atoms with E-state index in [1.807, 2.05) is 41.8 Å². The number of carbonyl (C=O) groups is 2. The van der Waals surface area contributed by atoms with Crippen molar-refractivity contribution in [1.82, 2.24) is 15.5 Å². The third kappa shape index (κ3) is 7.05. The number of rotatable bonds is 10. The van der Waals surface area contributed by atoms with E-state index in [0.717, 1.165) is 19.5 Å². The lowest BCUT2D eigenvalue weighted by atomic mass is 9.97. The van der Waals surface area contributed by atoms with Gasteiger partial charge in [0.15, 0.2) is 5.78 Å². The first-order valence-corrected chi connectivity index (χ1v) is 7.88. The molecule has 0 rings (SSSR count). The Kier molecular flexibility index (Phi) is 9.46. The maximum Gasteiger partial charge on any atom is 0.238 e. The van der Waals surface area contributed by atoms with Crippen LogP contribution in [0, 0.1) is 11.8 Å². The molecule has 0 aliphatic heterocycles. The predicted octanol–water partition coefficient (Wildman–Crippen LogP) is 1.28. The first kappa shape index (κ1) is 20.1. The average Bonchev–Trinajstić information content (AvgIpc) is 2.35. The first-order chi connectivity index (χ1) is 9.72. The normalized spacial score (nSPS) is 14.6. The van der Waals surface area contributed by atoms with Crippen LogP contribution in [0.25, 0.3) is 0 Å². The van der Waals surface area contributed by atoms with Crippen molar-refractivity contribution in [2.24, 2.45) is 11.8 Å². The topological polar surface area (TPSA) is 61.4 Å². The number of amides is 1. The zero-order valence-electron chi connectivity index (χ0n) is 14.7. The van der Waals surface area contributed by atoms with Crippen LogP contribution in [-0.2, 0) is 9.59 Å². The van der Waals surface area contributed by atoms with Crippen LogP contribution < -0.4 is 10.6 Å². The molecule has 0 bridgehead atoms. The van der Waals surface area contributed by atoms with Crippen molar-refractivity contribution in [1.29, 1.82) is 0 Å². The van der Waals surface area contributed by atoms with E-state index in [0.29, 0.717) is 0 Å². The van der Waals surface area contributed by atoms with Crippen LogP contribution in [0.4, 0.5) is 0 Å². The Balaban J connectivity index is 4.78. The molecule has 0 spiro atoms. The number of likely N-dealkylation sites (N-methyl/N-ethyl adjacent to an activating group) is 1. The van der Waals surface area contributed by atoms with Gasteiger partial charge in [-0.05, 0) is 52.4 Å². The number of nitrogens with one attached hydrogen (secondary N) is 2. The molecular formula is C16H33N3O2. The molecule has 0 saturated heterocycles. The van der Waals surface area contributed by atoms with Gasteiger partial charge in [0.05, 0.1) is 12.1 Å². The SMILES string of the molecule is CNCCCN(C)[C@H](C(=O)N[C@H](C(C)=O)C(C)C)C(C)C. The molecule has 0 aliphatic rings. The van der Waals surface area contributed by atoms with Gasteiger partial charge in [0.25, 0.3) is 0 Å². The second kappa shape index (κ2) is 9.90. The molecule has 0 saturated carbocycles. The van der Waals surface area contributed by atoms with Gasteiger partial charge in [0.2, 0.25) is 5.91 Å². The summed E-state index contributed by atoms with van der Waals surface area (Å²) in [5.41, 5.74) is 0. The van der Waals surface area contributed by atoms with Gasteiger partial charge in [0, 0.05) is 0 Å². The standard InChI is InChI=1S/C16H33N3O2/c1-11(2)14(13(5)20)18-16(21)15(12(3)4)19(7)10-8-9-17-6/h11-12,14-15,17H,8-10H2,1-7H3,(H,18,21)/t14-,15-/m0/s1. The molecule has 5 heteroatoms. The number of nitrogens with zero attached hydrogens (tertiary/aromatic N) is 1. The third-order valence-electron chi connectivity index (χ3n) is 3.71. The maximum absolute atomic E-state index is 12.6. The second-order valence-electron chi connectivity index (χ2n) is 6.47. The van der Waals surface area contributed by atoms with Crippen molar-refractivity contribution in [2.75, 3.05) is 27.2 Å². The molecule has 0 unspecified atom stereocenters. The molecule has 124 valence electrons. The lowest BCUT2D eigenvalue weighted by molar-refractivity contribution is -0.132. The van der Waals surface area contributed by atoms with Crippen LogP contribution in [0.5, 0.6) is 0 Å². The van der Waals surface area contributed by atoms with Crippen molar-refractivity contribution in [3.8, 4) is 0 Å². The molecule has 1 amide bonds. The highest BCUT2D eigenvalue weighted by Gasteiger charge is 2.30. The smallest absolute Gasteiger partial charge is 0.238 e. The summed E-state index contributed by atoms with van der Waals surface area (Å²) in [6.45, 7) is 11.3. The summed E-state index contributed by atoms with van der Waals surface area (Å²) in [5.74, 6) is 0.266. The average molecular weight is 299 g/mol. The zero-order chi connectivity index (χ0) is 16.6. The molecule has 0 aromatic heterocycles. The minimum Gasteiger partial charge on any atom is -0.345 e. The summed E-state index contributed by atoms with van der Waals surface area (Å²) >= 11 is 0. The summed E-state index contributed by atoms with van der Waals surface area (Å²) in [4.78, 5) is 26.3. The Bertz CT molecular complexity index is 329. The summed E-state index contributed by atoms with van der Waals surface area (Å²) in [7, 11) is 3.89. The van der Waals surface area contributed by atoms with E-state index in [2.05, 4.69) is 15.5 Å². The maximum atomic E-state index is 12.6. The molecule has 5 nitrogen and oxygen atoms in total. The fourth-order valence-corrected chi connectivity index (χ4v) is 2.63. The molecule has 21 heavy (non-hydrogen) atoms. The van der Waals surface area contributed by atoms with Crippen LogP contribution >= 0.6 is 0 Å². The van der Waals surface area contributed by atoms with Crippen molar-refractivity contribution >= 4 is 11.7 Å². The molecule has 2 N–H and O–H groups in total. The van der Waals surface area contributed by atoms with Gasteiger partial charge >= 0.3 is 0 Å². The third-order valence-corrected chi connectivity index (χ3v) is 3.71. The summed E-state index contributed by atoms with van der Waals surface area (Å²) in [5, 5.41) is 6.03. The Labute approximate surface area is 129 Å². The number of hydrogen-bond donors (Lipinski definition) is 2. The summed E-state index contributed by atoms with van der Waals surface area (Å²) < 4.78 is 0. The van der Waals surface area contributed by atoms with Crippen LogP contribution in [0.15, 0.2) is 0 Å². The van der Waals surface area contributed by atoms with Crippen LogP contribution in [0.2, 0.25) is 0 Å². The van der Waals surface area contributed by atoms with E-state index in [4.69, 9.17) is 0 Å². The number of carbonyl (C=O) groups excluding carboxylic acids is 2. The quantitative estimate of drug-likeness (QED) is 0.597. The van der Waals surface area contributed by atoms with Crippen molar-refractivity contribution in [3.63, 3.8) is 0 Å². The second-order valence-corrected chi connectivity index (χ2v) is 6.47. The Morgan fingerprint density at radius 3 is 2.05 bits per heavy atom. The Morgan fingerprint density at radius 1 is 1.10 bits per heavy atom. The van der Waals surface area contributed by atoms with Gasteiger partial charge in [-0.25, -0.2) is 0 Å². The van der Waals surface area contributed by atoms with Crippen LogP contribution in [0.1, 0.15) is 41.0 Å². The van der Waals surface area contributed by atoms with E-state index in [1.54, 1.807) is 0 Å². The first-order valence-electron chi connectivity index (χ1n) is 7.88. The van der Waals surface area contributed by atoms with Crippen LogP contribution in [0.3, 0.4) is 0 Å². The zero-order valence-corrected chi connectivity index (χ0v) is 14.7. The van der Waals surface area contributed by atoms with E-state index < -0.39 is 6.04 Å². The van der Waals surface area contributed by atoms with Gasteiger partial charge in [-0.15, -0.1) is 0 Å². The lowest BCUT2D eigenvalue weighted by Crippen LogP contribution is -2.54. The molecular weight excluding hydrogens is 266 g/mol. The minimum absolute atomic E-state index is 0.0127. The number of ketones is 1. The molecule has 2 atom stereocenters. The summed E-state index contributed by atoms with van der Waals surface area (Å²) in [6, 6.07) is -0.605. The van der Waals surface area contributed by atoms with Crippen LogP contribution in [-0.4, -0.2) is 55.9 Å². The largest absolute Gasteiger partial charge is 0.345 e. The lowest BCUT2D eigenvalue weighted by Gasteiger charge is -2.32. The molecule has 0 aliphatic carbocycles. The molecule has 0 radical (unpaired) electrons. The van der Waals surface area contributed by atoms with Crippen molar-refractivity contribution in [3.05, 3.63) is 0 Å². The highest BCUT2D eigenvalue weighted by atomic mass is 16.2. The van der Waals surface area contributed by atoms with Crippen molar-refractivity contribution in [2.45, 2.75) is 53.1 Å². The van der Waals surface area contributed by atoms with Crippen molar-refractivity contribution < 1.29 is 9.59 Å². The highest BCUT2D eigenvalue weighted by Crippen LogP contribution is 2.12. The fourth-order valence-electron chi connectivity index (χ4n) is 2.63. The molecule has 0 heterocycles. The molecule has 0 fully saturated rings. The fraction of sp³-hybridized carbons (Fsp3) is 0.875. The van der Waals surface area contributed by atoms with E-state index in [-0.39, 0.29) is 29.6 Å². The van der Waals surface area contributed by atoms with Gasteiger partial charge in [0.1, 0.15) is 0 Å². The number of hydrogen-bond acceptors (Lipinski definition) is 4. The van der Waals surface area contributed by atoms with E-state index in [9.17, 15) is 9.59 Å². The molecule has 0 aromatic rings. The van der Waals surface area contributed by atoms with E-state index in [1.165, 1.54) is 6.92 Å². The Morgan fingerprint density at radius 2 is 1.67 bits per heavy atom. The highest BCUT2D eigenvalue weighted by molar-refractivity contribution is 5.89. The van der Waals surface area contributed by atoms with Gasteiger partial charge < -0.3 is 10.6 Å². The molecule has 0 aromatic carbocycles. The van der Waals surface area contributed by atoms with E-state index >= 15 is 0 Å². The minimum atomic E-state index is -0.399. The Hall–Kier alpha value is -0.940.